The van der Waals surface area contributed by atoms with Crippen LogP contribution in [0.4, 0.5) is 0 Å². The average molecular weight is 372 g/mol. The van der Waals surface area contributed by atoms with Crippen molar-refractivity contribution in [3.8, 4) is 0 Å². The number of aliphatic hydroxyl groups excluding tert-OH is 1. The molecule has 1 amide bonds. The Morgan fingerprint density at radius 2 is 2.08 bits per heavy atom. The van der Waals surface area contributed by atoms with Gasteiger partial charge >= 0.3 is 5.97 Å². The van der Waals surface area contributed by atoms with Gasteiger partial charge in [-0.05, 0) is 19.3 Å². The third-order valence-corrected chi connectivity index (χ3v) is 5.77. The van der Waals surface area contributed by atoms with Gasteiger partial charge < -0.3 is 15.1 Å². The van der Waals surface area contributed by atoms with Crippen LogP contribution in [-0.2, 0) is 9.59 Å². The summed E-state index contributed by atoms with van der Waals surface area (Å²) in [4.78, 5) is 25.1. The van der Waals surface area contributed by atoms with Crippen LogP contribution in [0.25, 0.3) is 0 Å². The Kier molecular flexibility index (Phi) is 10.9. The van der Waals surface area contributed by atoms with Crippen molar-refractivity contribution >= 4 is 23.6 Å². The lowest BCUT2D eigenvalue weighted by Gasteiger charge is -2.23. The van der Waals surface area contributed by atoms with E-state index in [1.165, 1.54) is 11.8 Å². The number of nitrogens with zero attached hydrogens (tertiary/aromatic N) is 1. The number of aliphatic hydroxyl groups is 1. The number of carbonyl (C=O) groups is 2. The number of amides is 1. The van der Waals surface area contributed by atoms with Crippen molar-refractivity contribution in [2.24, 2.45) is 0 Å². The van der Waals surface area contributed by atoms with Crippen LogP contribution in [0.2, 0.25) is 0 Å². The van der Waals surface area contributed by atoms with Gasteiger partial charge in [-0.25, -0.2) is 0 Å². The molecular weight excluding hydrogens is 338 g/mol. The predicted octanol–water partition coefficient (Wildman–Crippen LogP) is 3.46. The molecule has 3 atom stereocenters. The summed E-state index contributed by atoms with van der Waals surface area (Å²) in [5.74, 6) is -0.0177. The third-order valence-electron chi connectivity index (χ3n) is 4.51. The molecule has 5 nitrogen and oxygen atoms in total. The Morgan fingerprint density at radius 3 is 2.72 bits per heavy atom. The van der Waals surface area contributed by atoms with Crippen molar-refractivity contribution in [3.63, 3.8) is 0 Å². The highest BCUT2D eigenvalue weighted by atomic mass is 32.2. The van der Waals surface area contributed by atoms with Crippen LogP contribution < -0.4 is 0 Å². The first kappa shape index (κ1) is 22.0. The maximum atomic E-state index is 12.1. The smallest absolute Gasteiger partial charge is 0.316 e. The summed E-state index contributed by atoms with van der Waals surface area (Å²) in [5, 5.41) is 18.8. The molecule has 6 heteroatoms. The second-order valence-electron chi connectivity index (χ2n) is 6.63. The largest absolute Gasteiger partial charge is 0.480 e. The number of carboxylic acid groups (broad SMARTS) is 1. The van der Waals surface area contributed by atoms with E-state index in [-0.39, 0.29) is 11.9 Å². The number of unbranched alkanes of at least 4 members (excludes halogenated alkanes) is 2. The molecule has 2 N–H and O–H groups in total. The first-order valence-electron chi connectivity index (χ1n) is 9.49. The number of hydrogen-bond donors (Lipinski definition) is 2. The van der Waals surface area contributed by atoms with Crippen molar-refractivity contribution < 1.29 is 19.8 Å². The van der Waals surface area contributed by atoms with E-state index in [1.807, 2.05) is 24.0 Å². The maximum absolute atomic E-state index is 12.1. The van der Waals surface area contributed by atoms with E-state index < -0.39 is 17.3 Å². The topological polar surface area (TPSA) is 77.8 Å². The lowest BCUT2D eigenvalue weighted by Crippen LogP contribution is -2.34. The molecule has 0 aromatic heterocycles. The van der Waals surface area contributed by atoms with E-state index in [4.69, 9.17) is 0 Å². The number of aliphatic carboxylic acids is 1. The molecule has 0 spiro atoms. The summed E-state index contributed by atoms with van der Waals surface area (Å²) in [6.07, 6.45) is 10.2. The molecule has 0 aromatic rings. The quantitative estimate of drug-likeness (QED) is 0.383. The molecule has 1 aliphatic rings. The minimum atomic E-state index is -0.772. The molecule has 1 saturated heterocycles. The molecule has 1 rings (SSSR count). The van der Waals surface area contributed by atoms with Crippen molar-refractivity contribution in [1.82, 2.24) is 4.90 Å². The van der Waals surface area contributed by atoms with Gasteiger partial charge in [-0.1, -0.05) is 51.7 Å². The third kappa shape index (κ3) is 8.27. The van der Waals surface area contributed by atoms with Crippen molar-refractivity contribution in [2.75, 3.05) is 12.3 Å². The Morgan fingerprint density at radius 1 is 1.32 bits per heavy atom. The van der Waals surface area contributed by atoms with Gasteiger partial charge in [-0.15, -0.1) is 11.8 Å². The standard InChI is InChI=1S/C19H33NO4S/c1-3-5-6-8-16(21)11-9-15-10-12-18(22)20(15)13-14-25-17(7-4-2)19(23)24/h9,11,15-17,21H,3-8,10,12-14H2,1-2H3,(H,23,24)/t15-,16-,17?/m0/s1. The van der Waals surface area contributed by atoms with Gasteiger partial charge in [0.1, 0.15) is 5.25 Å². The number of likely N-dealkylation sites (tertiary alicyclic amines) is 1. The molecule has 1 unspecified atom stereocenters. The molecule has 0 radical (unpaired) electrons. The van der Waals surface area contributed by atoms with Gasteiger partial charge in [0.15, 0.2) is 0 Å². The fourth-order valence-electron chi connectivity index (χ4n) is 3.04. The molecule has 0 aromatic carbocycles. The fraction of sp³-hybridized carbons (Fsp3) is 0.789. The summed E-state index contributed by atoms with van der Waals surface area (Å²) in [6.45, 7) is 4.68. The van der Waals surface area contributed by atoms with Crippen molar-refractivity contribution in [1.29, 1.82) is 0 Å². The molecule has 1 aliphatic heterocycles. The number of hydrogen-bond acceptors (Lipinski definition) is 4. The van der Waals surface area contributed by atoms with E-state index in [9.17, 15) is 19.8 Å². The van der Waals surface area contributed by atoms with Crippen LogP contribution in [0.1, 0.15) is 65.2 Å². The summed E-state index contributed by atoms with van der Waals surface area (Å²) < 4.78 is 0. The van der Waals surface area contributed by atoms with Crippen LogP contribution >= 0.6 is 11.8 Å². The molecule has 1 heterocycles. The van der Waals surface area contributed by atoms with Crippen LogP contribution in [0, 0.1) is 0 Å². The van der Waals surface area contributed by atoms with E-state index >= 15 is 0 Å². The van der Waals surface area contributed by atoms with E-state index in [2.05, 4.69) is 6.92 Å². The van der Waals surface area contributed by atoms with Crippen LogP contribution in [0.15, 0.2) is 12.2 Å². The average Bonchev–Trinajstić information content (AvgIpc) is 2.92. The van der Waals surface area contributed by atoms with Gasteiger partial charge in [0.25, 0.3) is 0 Å². The lowest BCUT2D eigenvalue weighted by atomic mass is 10.1. The summed E-state index contributed by atoms with van der Waals surface area (Å²) in [5.41, 5.74) is 0. The molecule has 25 heavy (non-hydrogen) atoms. The molecule has 0 saturated carbocycles. The Labute approximate surface area is 155 Å². The van der Waals surface area contributed by atoms with Gasteiger partial charge in [-0.3, -0.25) is 9.59 Å². The van der Waals surface area contributed by atoms with Crippen LogP contribution in [-0.4, -0.2) is 56.7 Å². The molecule has 1 fully saturated rings. The second kappa shape index (κ2) is 12.4. The van der Waals surface area contributed by atoms with Gasteiger partial charge in [-0.2, -0.15) is 0 Å². The van der Waals surface area contributed by atoms with E-state index in [0.29, 0.717) is 25.1 Å². The molecular formula is C19H33NO4S. The van der Waals surface area contributed by atoms with Gasteiger partial charge in [0.2, 0.25) is 5.91 Å². The van der Waals surface area contributed by atoms with Crippen LogP contribution in [0.5, 0.6) is 0 Å². The Balaban J connectivity index is 2.45. The zero-order chi connectivity index (χ0) is 18.7. The molecule has 0 bridgehead atoms. The number of carbonyl (C=O) groups excluding carboxylic acids is 1. The number of carboxylic acids is 1. The van der Waals surface area contributed by atoms with Crippen molar-refractivity contribution in [2.45, 2.75) is 82.6 Å². The minimum absolute atomic E-state index is 0.0309. The second-order valence-corrected chi connectivity index (χ2v) is 7.94. The minimum Gasteiger partial charge on any atom is -0.480 e. The maximum Gasteiger partial charge on any atom is 0.316 e. The fourth-order valence-corrected chi connectivity index (χ4v) is 4.17. The zero-order valence-electron chi connectivity index (χ0n) is 15.5. The monoisotopic (exact) mass is 371 g/mol. The summed E-state index contributed by atoms with van der Waals surface area (Å²) in [7, 11) is 0. The van der Waals surface area contributed by atoms with Gasteiger partial charge in [0.05, 0.1) is 12.1 Å². The first-order chi connectivity index (χ1) is 12.0. The van der Waals surface area contributed by atoms with Crippen molar-refractivity contribution in [3.05, 3.63) is 12.2 Å². The van der Waals surface area contributed by atoms with E-state index in [0.717, 1.165) is 38.5 Å². The predicted molar refractivity (Wildman–Crippen MR) is 103 cm³/mol. The SMILES string of the molecule is CCCCC[C@H](O)C=C[C@H]1CCC(=O)N1CCSC(CCC)C(=O)O. The number of thioether (sulfide) groups is 1. The van der Waals surface area contributed by atoms with Gasteiger partial charge in [0, 0.05) is 18.7 Å². The Hall–Kier alpha value is -1.01. The summed E-state index contributed by atoms with van der Waals surface area (Å²) >= 11 is 1.42. The Bertz CT molecular complexity index is 441. The first-order valence-corrected chi connectivity index (χ1v) is 10.5. The molecule has 0 aliphatic carbocycles. The highest BCUT2D eigenvalue weighted by molar-refractivity contribution is 8.00. The summed E-state index contributed by atoms with van der Waals surface area (Å²) in [6, 6.07) is 0.0309. The zero-order valence-corrected chi connectivity index (χ0v) is 16.3. The molecule has 144 valence electrons. The normalized spacial score (nSPS) is 20.4. The highest BCUT2D eigenvalue weighted by Gasteiger charge is 2.29. The lowest BCUT2D eigenvalue weighted by molar-refractivity contribution is -0.136. The highest BCUT2D eigenvalue weighted by Crippen LogP contribution is 2.23. The number of rotatable bonds is 13. The van der Waals surface area contributed by atoms with E-state index in [1.54, 1.807) is 0 Å². The van der Waals surface area contributed by atoms with Crippen LogP contribution in [0.3, 0.4) is 0 Å².